The summed E-state index contributed by atoms with van der Waals surface area (Å²) in [5, 5.41) is 8.28. The van der Waals surface area contributed by atoms with E-state index in [1.165, 1.54) is 16.8 Å². The third-order valence-corrected chi connectivity index (χ3v) is 7.25. The second-order valence-electron chi connectivity index (χ2n) is 7.39. The van der Waals surface area contributed by atoms with Crippen LogP contribution in [0, 0.1) is 13.8 Å². The van der Waals surface area contributed by atoms with Crippen molar-refractivity contribution < 1.29 is 17.9 Å². The fourth-order valence-corrected chi connectivity index (χ4v) is 5.05. The van der Waals surface area contributed by atoms with Crippen LogP contribution in [0.15, 0.2) is 64.9 Å². The number of carbonyl (C=O) groups is 1. The highest BCUT2D eigenvalue weighted by Crippen LogP contribution is 2.27. The summed E-state index contributed by atoms with van der Waals surface area (Å²) < 4.78 is 31.6. The average Bonchev–Trinajstić information content (AvgIpc) is 3.28. The minimum absolute atomic E-state index is 0.0717. The number of carbonyl (C=O) groups excluding carboxylic acids is 1. The van der Waals surface area contributed by atoms with Crippen LogP contribution in [0.4, 0.5) is 0 Å². The number of nitrogens with two attached hydrogens (primary N) is 1. The van der Waals surface area contributed by atoms with E-state index < -0.39 is 10.0 Å². The van der Waals surface area contributed by atoms with Gasteiger partial charge in [0.1, 0.15) is 6.61 Å². The maximum Gasteiger partial charge on any atom is 0.340 e. The Labute approximate surface area is 184 Å². The van der Waals surface area contributed by atoms with Crippen LogP contribution in [-0.2, 0) is 27.9 Å². The van der Waals surface area contributed by atoms with Crippen molar-refractivity contribution in [3.05, 3.63) is 88.1 Å². The summed E-state index contributed by atoms with van der Waals surface area (Å²) in [6.45, 7) is 4.53. The Morgan fingerprint density at radius 2 is 1.81 bits per heavy atom. The average molecular weight is 455 g/mol. The topological polar surface area (TPSA) is 91.4 Å². The van der Waals surface area contributed by atoms with E-state index in [2.05, 4.69) is 6.07 Å². The molecule has 0 aliphatic carbocycles. The lowest BCUT2D eigenvalue weighted by Crippen LogP contribution is -2.12. The van der Waals surface area contributed by atoms with E-state index >= 15 is 0 Å². The van der Waals surface area contributed by atoms with Crippen molar-refractivity contribution in [2.45, 2.75) is 31.9 Å². The maximum atomic E-state index is 12.8. The van der Waals surface area contributed by atoms with E-state index in [1.807, 2.05) is 48.1 Å². The number of rotatable bonds is 6. The van der Waals surface area contributed by atoms with E-state index in [9.17, 15) is 13.2 Å². The maximum absolute atomic E-state index is 12.8. The van der Waals surface area contributed by atoms with Gasteiger partial charge in [0.2, 0.25) is 10.0 Å². The van der Waals surface area contributed by atoms with Gasteiger partial charge in [0.15, 0.2) is 0 Å². The predicted octanol–water partition coefficient (Wildman–Crippen LogP) is 4.37. The van der Waals surface area contributed by atoms with Crippen molar-refractivity contribution in [3.63, 3.8) is 0 Å². The van der Waals surface area contributed by atoms with E-state index in [-0.39, 0.29) is 17.5 Å². The number of nitrogens with zero attached hydrogens (tertiary/aromatic N) is 1. The Morgan fingerprint density at radius 1 is 1.10 bits per heavy atom. The summed E-state index contributed by atoms with van der Waals surface area (Å²) >= 11 is 1.63. The number of hydrogen-bond acceptors (Lipinski definition) is 5. The zero-order valence-electron chi connectivity index (χ0n) is 17.2. The van der Waals surface area contributed by atoms with Gasteiger partial charge in [-0.05, 0) is 54.4 Å². The van der Waals surface area contributed by atoms with Crippen LogP contribution in [0.2, 0.25) is 0 Å². The van der Waals surface area contributed by atoms with Gasteiger partial charge in [-0.3, -0.25) is 0 Å². The van der Waals surface area contributed by atoms with Gasteiger partial charge in [-0.2, -0.15) is 0 Å². The predicted molar refractivity (Wildman–Crippen MR) is 122 cm³/mol. The van der Waals surface area contributed by atoms with Gasteiger partial charge < -0.3 is 9.30 Å². The molecule has 0 aliphatic heterocycles. The Bertz CT molecular complexity index is 1370. The number of primary sulfonamides is 1. The van der Waals surface area contributed by atoms with Crippen LogP contribution in [-0.4, -0.2) is 19.0 Å². The zero-order valence-corrected chi connectivity index (χ0v) is 18.8. The van der Waals surface area contributed by atoms with Gasteiger partial charge >= 0.3 is 5.97 Å². The molecule has 0 atom stereocenters. The Kier molecular flexibility index (Phi) is 5.70. The molecule has 4 aromatic rings. The molecular formula is C23H22N2O4S2. The van der Waals surface area contributed by atoms with Crippen molar-refractivity contribution in [1.82, 2.24) is 4.57 Å². The lowest BCUT2D eigenvalue weighted by atomic mass is 10.2. The molecular weight excluding hydrogens is 432 g/mol. The number of esters is 1. The molecule has 0 saturated carbocycles. The van der Waals surface area contributed by atoms with Gasteiger partial charge in [0.05, 0.1) is 10.5 Å². The quantitative estimate of drug-likeness (QED) is 0.438. The van der Waals surface area contributed by atoms with Crippen molar-refractivity contribution in [3.8, 4) is 0 Å². The number of fused-ring (bicyclic) bond motifs is 1. The van der Waals surface area contributed by atoms with Crippen molar-refractivity contribution in [2.75, 3.05) is 0 Å². The standard InChI is InChI=1S/C23H22N2O4S2/c1-15-11-21(23(26)29-13-18-14-30-22-6-4-3-5-20(18)22)16(2)25(15)12-17-7-9-19(10-8-17)31(24,27)28/h3-11,14H,12-13H2,1-2H3,(H2,24,27,28). The molecule has 0 radical (unpaired) electrons. The highest BCUT2D eigenvalue weighted by molar-refractivity contribution is 7.89. The number of aryl methyl sites for hydroxylation is 1. The van der Waals surface area contributed by atoms with Gasteiger partial charge in [-0.1, -0.05) is 30.3 Å². The van der Waals surface area contributed by atoms with Gasteiger partial charge in [-0.25, -0.2) is 18.4 Å². The SMILES string of the molecule is Cc1cc(C(=O)OCc2csc3ccccc23)c(C)n1Cc1ccc(S(N)(=O)=O)cc1. The summed E-state index contributed by atoms with van der Waals surface area (Å²) in [7, 11) is -3.72. The Hall–Kier alpha value is -2.94. The first-order valence-electron chi connectivity index (χ1n) is 9.65. The minimum atomic E-state index is -3.72. The third-order valence-electron chi connectivity index (χ3n) is 5.31. The van der Waals surface area contributed by atoms with Crippen LogP contribution >= 0.6 is 11.3 Å². The molecule has 0 saturated heterocycles. The zero-order chi connectivity index (χ0) is 22.2. The first-order valence-corrected chi connectivity index (χ1v) is 12.1. The van der Waals surface area contributed by atoms with Crippen LogP contribution in [0.1, 0.15) is 32.9 Å². The lowest BCUT2D eigenvalue weighted by Gasteiger charge is -2.11. The second-order valence-corrected chi connectivity index (χ2v) is 9.87. The fourth-order valence-electron chi connectivity index (χ4n) is 3.58. The Morgan fingerprint density at radius 3 is 2.52 bits per heavy atom. The first-order chi connectivity index (χ1) is 14.7. The van der Waals surface area contributed by atoms with Crippen LogP contribution in [0.3, 0.4) is 0 Å². The Balaban J connectivity index is 1.50. The summed E-state index contributed by atoms with van der Waals surface area (Å²) in [6.07, 6.45) is 0. The summed E-state index contributed by atoms with van der Waals surface area (Å²) in [4.78, 5) is 12.8. The highest BCUT2D eigenvalue weighted by Gasteiger charge is 2.18. The number of hydrogen-bond donors (Lipinski definition) is 1. The molecule has 31 heavy (non-hydrogen) atoms. The molecule has 2 aromatic heterocycles. The first kappa shape index (κ1) is 21.3. The van der Waals surface area contributed by atoms with E-state index in [1.54, 1.807) is 23.5 Å². The molecule has 0 amide bonds. The molecule has 4 rings (SSSR count). The van der Waals surface area contributed by atoms with Crippen molar-refractivity contribution in [1.29, 1.82) is 0 Å². The van der Waals surface area contributed by atoms with E-state index in [4.69, 9.17) is 9.88 Å². The largest absolute Gasteiger partial charge is 0.457 e. The van der Waals surface area contributed by atoms with E-state index in [0.717, 1.165) is 27.9 Å². The number of thiophene rings is 1. The molecule has 0 spiro atoms. The minimum Gasteiger partial charge on any atom is -0.457 e. The molecule has 0 fully saturated rings. The van der Waals surface area contributed by atoms with Crippen LogP contribution in [0.25, 0.3) is 10.1 Å². The molecule has 8 heteroatoms. The van der Waals surface area contributed by atoms with Gasteiger partial charge in [-0.15, -0.1) is 11.3 Å². The van der Waals surface area contributed by atoms with Gasteiger partial charge in [0.25, 0.3) is 0 Å². The van der Waals surface area contributed by atoms with Crippen molar-refractivity contribution >= 4 is 37.4 Å². The lowest BCUT2D eigenvalue weighted by molar-refractivity contribution is 0.0473. The number of aromatic nitrogens is 1. The molecule has 160 valence electrons. The molecule has 2 heterocycles. The third kappa shape index (κ3) is 4.41. The summed E-state index contributed by atoms with van der Waals surface area (Å²) in [5.74, 6) is -0.362. The highest BCUT2D eigenvalue weighted by atomic mass is 32.2. The van der Waals surface area contributed by atoms with E-state index in [0.29, 0.717) is 12.1 Å². The molecule has 0 aliphatic rings. The second kappa shape index (κ2) is 8.30. The normalized spacial score (nSPS) is 11.7. The van der Waals surface area contributed by atoms with Crippen LogP contribution in [0.5, 0.6) is 0 Å². The molecule has 2 N–H and O–H groups in total. The summed E-state index contributed by atoms with van der Waals surface area (Å²) in [5.41, 5.74) is 4.14. The molecule has 0 bridgehead atoms. The molecule has 0 unspecified atom stereocenters. The van der Waals surface area contributed by atoms with Crippen molar-refractivity contribution in [2.24, 2.45) is 5.14 Å². The number of sulfonamides is 1. The summed E-state index contributed by atoms with van der Waals surface area (Å²) in [6, 6.07) is 16.3. The molecule has 6 nitrogen and oxygen atoms in total. The number of ether oxygens (including phenoxy) is 1. The monoisotopic (exact) mass is 454 g/mol. The fraction of sp³-hybridized carbons (Fsp3) is 0.174. The smallest absolute Gasteiger partial charge is 0.340 e. The number of benzene rings is 2. The van der Waals surface area contributed by atoms with Crippen LogP contribution < -0.4 is 5.14 Å². The van der Waals surface area contributed by atoms with Gasteiger partial charge in [0, 0.05) is 28.2 Å². The molecule has 2 aromatic carbocycles.